The van der Waals surface area contributed by atoms with E-state index in [2.05, 4.69) is 0 Å². The number of carbonyl (C=O) groups excluding carboxylic acids is 1. The third-order valence-corrected chi connectivity index (χ3v) is 1.83. The minimum atomic E-state index is -0.325. The Kier molecular flexibility index (Phi) is 3.74. The molecule has 0 N–H and O–H groups in total. The number of rotatable bonds is 2. The lowest BCUT2D eigenvalue weighted by molar-refractivity contribution is -0.130. The highest BCUT2D eigenvalue weighted by Crippen LogP contribution is 2.02. The van der Waals surface area contributed by atoms with Gasteiger partial charge in [0.15, 0.2) is 0 Å². The molecule has 1 fully saturated rings. The molecule has 72 valence electrons. The normalized spacial score (nSPS) is 22.0. The molecule has 0 spiro atoms. The van der Waals surface area contributed by atoms with Crippen LogP contribution in [0.15, 0.2) is 0 Å². The average molecular weight is 183 g/mol. The first-order valence-corrected chi connectivity index (χ1v) is 4.15. The first-order chi connectivity index (χ1) is 6.24. The van der Waals surface area contributed by atoms with Crippen LogP contribution in [0.4, 0.5) is 0 Å². The number of terminal acetylenes is 1. The first kappa shape index (κ1) is 10.0. The summed E-state index contributed by atoms with van der Waals surface area (Å²) < 4.78 is 10.5. The fourth-order valence-electron chi connectivity index (χ4n) is 1.14. The molecule has 1 rings (SSSR count). The minimum absolute atomic E-state index is 0.0453. The van der Waals surface area contributed by atoms with E-state index in [9.17, 15) is 4.79 Å². The monoisotopic (exact) mass is 183 g/mol. The highest BCUT2D eigenvalue weighted by molar-refractivity contribution is 5.92. The lowest BCUT2D eigenvalue weighted by atomic mass is 10.3. The first-order valence-electron chi connectivity index (χ1n) is 4.15. The second kappa shape index (κ2) is 4.85. The van der Waals surface area contributed by atoms with Gasteiger partial charge in [0.2, 0.25) is 0 Å². The summed E-state index contributed by atoms with van der Waals surface area (Å²) in [5, 5.41) is 0. The van der Waals surface area contributed by atoms with Crippen molar-refractivity contribution in [2.75, 3.05) is 33.4 Å². The molecular formula is C9H13NO3. The molecule has 4 nitrogen and oxygen atoms in total. The quantitative estimate of drug-likeness (QED) is 0.541. The molecule has 0 radical (unpaired) electrons. The van der Waals surface area contributed by atoms with Gasteiger partial charge in [0, 0.05) is 13.6 Å². The van der Waals surface area contributed by atoms with Crippen LogP contribution in [0.3, 0.4) is 0 Å². The topological polar surface area (TPSA) is 38.8 Å². The molecular weight excluding hydrogens is 170 g/mol. The summed E-state index contributed by atoms with van der Waals surface area (Å²) in [6.07, 6.45) is 4.92. The fourth-order valence-corrected chi connectivity index (χ4v) is 1.14. The minimum Gasteiger partial charge on any atom is -0.376 e. The summed E-state index contributed by atoms with van der Waals surface area (Å²) in [6, 6.07) is 0. The van der Waals surface area contributed by atoms with Crippen molar-refractivity contribution in [2.24, 2.45) is 0 Å². The molecule has 1 atom stereocenters. The van der Waals surface area contributed by atoms with Crippen molar-refractivity contribution < 1.29 is 14.3 Å². The van der Waals surface area contributed by atoms with Gasteiger partial charge in [0.25, 0.3) is 5.91 Å². The van der Waals surface area contributed by atoms with E-state index in [1.807, 2.05) is 5.92 Å². The molecule has 13 heavy (non-hydrogen) atoms. The molecule has 1 amide bonds. The zero-order valence-electron chi connectivity index (χ0n) is 7.66. The van der Waals surface area contributed by atoms with Crippen LogP contribution in [-0.4, -0.2) is 50.3 Å². The molecule has 1 unspecified atom stereocenters. The maximum atomic E-state index is 11.0. The van der Waals surface area contributed by atoms with E-state index >= 15 is 0 Å². The molecule has 0 saturated carbocycles. The van der Waals surface area contributed by atoms with E-state index in [4.69, 9.17) is 15.9 Å². The SMILES string of the molecule is C#CC(=O)N(C)CC1COCCO1. The molecule has 0 aliphatic carbocycles. The number of carbonyl (C=O) groups is 1. The van der Waals surface area contributed by atoms with Crippen molar-refractivity contribution in [1.29, 1.82) is 0 Å². The Morgan fingerprint density at radius 3 is 3.00 bits per heavy atom. The van der Waals surface area contributed by atoms with Crippen LogP contribution in [0.5, 0.6) is 0 Å². The van der Waals surface area contributed by atoms with Crippen LogP contribution in [0.1, 0.15) is 0 Å². The number of nitrogens with zero attached hydrogens (tertiary/aromatic N) is 1. The van der Waals surface area contributed by atoms with Gasteiger partial charge in [-0.15, -0.1) is 6.42 Å². The predicted molar refractivity (Wildman–Crippen MR) is 47.0 cm³/mol. The van der Waals surface area contributed by atoms with Crippen molar-refractivity contribution in [1.82, 2.24) is 4.90 Å². The van der Waals surface area contributed by atoms with Crippen LogP contribution in [0.2, 0.25) is 0 Å². The highest BCUT2D eigenvalue weighted by atomic mass is 16.6. The Labute approximate surface area is 77.8 Å². The van der Waals surface area contributed by atoms with E-state index in [0.29, 0.717) is 26.4 Å². The van der Waals surface area contributed by atoms with Crippen molar-refractivity contribution in [3.05, 3.63) is 0 Å². The Morgan fingerprint density at radius 1 is 1.69 bits per heavy atom. The third kappa shape index (κ3) is 3.05. The summed E-state index contributed by atoms with van der Waals surface area (Å²) in [6.45, 7) is 2.23. The van der Waals surface area contributed by atoms with Crippen molar-refractivity contribution in [2.45, 2.75) is 6.10 Å². The molecule has 0 aromatic carbocycles. The molecule has 4 heteroatoms. The zero-order valence-corrected chi connectivity index (χ0v) is 7.66. The second-order valence-corrected chi connectivity index (χ2v) is 2.90. The lowest BCUT2D eigenvalue weighted by Crippen LogP contribution is -2.40. The van der Waals surface area contributed by atoms with Crippen LogP contribution in [0, 0.1) is 12.3 Å². The van der Waals surface area contributed by atoms with Crippen LogP contribution in [-0.2, 0) is 14.3 Å². The lowest BCUT2D eigenvalue weighted by Gasteiger charge is -2.26. The van der Waals surface area contributed by atoms with Gasteiger partial charge in [-0.3, -0.25) is 4.79 Å². The van der Waals surface area contributed by atoms with Crippen molar-refractivity contribution in [3.8, 4) is 12.3 Å². The van der Waals surface area contributed by atoms with E-state index in [0.717, 1.165) is 0 Å². The van der Waals surface area contributed by atoms with E-state index in [-0.39, 0.29) is 12.0 Å². The zero-order chi connectivity index (χ0) is 9.68. The standard InChI is InChI=1S/C9H13NO3/c1-3-9(11)10(2)6-8-7-12-4-5-13-8/h1,8H,4-7H2,2H3. The molecule has 1 aliphatic rings. The van der Waals surface area contributed by atoms with Crippen molar-refractivity contribution in [3.63, 3.8) is 0 Å². The second-order valence-electron chi connectivity index (χ2n) is 2.90. The van der Waals surface area contributed by atoms with Gasteiger partial charge in [-0.2, -0.15) is 0 Å². The summed E-state index contributed by atoms with van der Waals surface area (Å²) in [7, 11) is 1.65. The Balaban J connectivity index is 2.30. The number of amides is 1. The molecule has 0 aromatic heterocycles. The van der Waals surface area contributed by atoms with Crippen LogP contribution in [0.25, 0.3) is 0 Å². The number of hydrogen-bond donors (Lipinski definition) is 0. The summed E-state index contributed by atoms with van der Waals surface area (Å²) >= 11 is 0. The number of ether oxygens (including phenoxy) is 2. The Morgan fingerprint density at radius 2 is 2.46 bits per heavy atom. The molecule has 0 bridgehead atoms. The van der Waals surface area contributed by atoms with Gasteiger partial charge < -0.3 is 14.4 Å². The van der Waals surface area contributed by atoms with Gasteiger partial charge in [-0.1, -0.05) is 0 Å². The fraction of sp³-hybridized carbons (Fsp3) is 0.667. The average Bonchev–Trinajstić information content (AvgIpc) is 2.18. The Bertz CT molecular complexity index is 215. The molecule has 1 aliphatic heterocycles. The maximum Gasteiger partial charge on any atom is 0.298 e. The van der Waals surface area contributed by atoms with E-state index in [1.54, 1.807) is 7.05 Å². The molecule has 1 saturated heterocycles. The van der Waals surface area contributed by atoms with E-state index < -0.39 is 0 Å². The number of likely N-dealkylation sites (N-methyl/N-ethyl adjacent to an activating group) is 1. The molecule has 0 aromatic rings. The van der Waals surface area contributed by atoms with E-state index in [1.165, 1.54) is 4.90 Å². The van der Waals surface area contributed by atoms with Gasteiger partial charge >= 0.3 is 0 Å². The van der Waals surface area contributed by atoms with Gasteiger partial charge in [-0.05, 0) is 5.92 Å². The Hall–Kier alpha value is -1.05. The van der Waals surface area contributed by atoms with Crippen LogP contribution >= 0.6 is 0 Å². The summed E-state index contributed by atoms with van der Waals surface area (Å²) in [4.78, 5) is 12.4. The number of hydrogen-bond acceptors (Lipinski definition) is 3. The van der Waals surface area contributed by atoms with Crippen molar-refractivity contribution >= 4 is 5.91 Å². The predicted octanol–water partition coefficient (Wildman–Crippen LogP) is -0.507. The smallest absolute Gasteiger partial charge is 0.298 e. The summed E-state index contributed by atoms with van der Waals surface area (Å²) in [5.74, 6) is 1.72. The largest absolute Gasteiger partial charge is 0.376 e. The van der Waals surface area contributed by atoms with Gasteiger partial charge in [0.1, 0.15) is 0 Å². The van der Waals surface area contributed by atoms with Gasteiger partial charge in [0.05, 0.1) is 25.9 Å². The third-order valence-electron chi connectivity index (χ3n) is 1.83. The van der Waals surface area contributed by atoms with Crippen LogP contribution < -0.4 is 0 Å². The van der Waals surface area contributed by atoms with Gasteiger partial charge in [-0.25, -0.2) is 0 Å². The summed E-state index contributed by atoms with van der Waals surface area (Å²) in [5.41, 5.74) is 0. The highest BCUT2D eigenvalue weighted by Gasteiger charge is 2.17. The molecule has 1 heterocycles. The maximum absolute atomic E-state index is 11.0.